The topological polar surface area (TPSA) is 52.5 Å². The molecule has 0 unspecified atom stereocenters. The fourth-order valence-electron chi connectivity index (χ4n) is 2.99. The summed E-state index contributed by atoms with van der Waals surface area (Å²) < 4.78 is 0. The second-order valence-electron chi connectivity index (χ2n) is 7.06. The Kier molecular flexibility index (Phi) is 9.73. The molecule has 1 aromatic carbocycles. The normalized spacial score (nSPS) is 16.9. The van der Waals surface area contributed by atoms with Crippen molar-refractivity contribution >= 4 is 0 Å². The molecule has 136 valence electrons. The summed E-state index contributed by atoms with van der Waals surface area (Å²) in [5.74, 6) is 1.65. The van der Waals surface area contributed by atoms with Gasteiger partial charge in [-0.2, -0.15) is 0 Å². The van der Waals surface area contributed by atoms with Crippen LogP contribution in [0.2, 0.25) is 0 Å². The number of allylic oxidation sites excluding steroid dienone is 2. The van der Waals surface area contributed by atoms with Crippen LogP contribution in [0.1, 0.15) is 52.0 Å². The molecule has 0 fully saturated rings. The molecule has 0 aliphatic carbocycles. The molecular weight excluding hydrogens is 298 g/mol. The van der Waals surface area contributed by atoms with E-state index in [1.54, 1.807) is 12.1 Å². The van der Waals surface area contributed by atoms with Crippen LogP contribution < -0.4 is 5.32 Å². The molecule has 24 heavy (non-hydrogen) atoms. The zero-order valence-electron chi connectivity index (χ0n) is 15.7. The lowest BCUT2D eigenvalue weighted by molar-refractivity contribution is 0.122. The van der Waals surface area contributed by atoms with Crippen molar-refractivity contribution < 1.29 is 10.2 Å². The van der Waals surface area contributed by atoms with E-state index in [9.17, 15) is 10.2 Å². The fraction of sp³-hybridized carbons (Fsp3) is 0.619. The van der Waals surface area contributed by atoms with E-state index >= 15 is 0 Å². The molecule has 0 spiro atoms. The van der Waals surface area contributed by atoms with E-state index in [4.69, 9.17) is 0 Å². The number of rotatable bonds is 11. The molecule has 0 radical (unpaired) electrons. The molecule has 0 heterocycles. The lowest BCUT2D eigenvalue weighted by atomic mass is 9.94. The summed E-state index contributed by atoms with van der Waals surface area (Å²) in [5, 5.41) is 23.0. The predicted molar refractivity (Wildman–Crippen MR) is 102 cm³/mol. The van der Waals surface area contributed by atoms with Crippen molar-refractivity contribution in [1.82, 2.24) is 5.32 Å². The molecule has 1 aromatic rings. The van der Waals surface area contributed by atoms with Gasteiger partial charge in [0.05, 0.1) is 6.10 Å². The highest BCUT2D eigenvalue weighted by molar-refractivity contribution is 5.26. The van der Waals surface area contributed by atoms with E-state index in [0.717, 1.165) is 30.7 Å². The van der Waals surface area contributed by atoms with Crippen molar-refractivity contribution in [3.63, 3.8) is 0 Å². The van der Waals surface area contributed by atoms with Gasteiger partial charge in [0.2, 0.25) is 0 Å². The second-order valence-corrected chi connectivity index (χ2v) is 7.06. The first-order chi connectivity index (χ1) is 11.5. The maximum atomic E-state index is 10.4. The van der Waals surface area contributed by atoms with Crippen molar-refractivity contribution in [2.75, 3.05) is 7.05 Å². The Bertz CT molecular complexity index is 469. The van der Waals surface area contributed by atoms with Crippen LogP contribution in [-0.4, -0.2) is 29.4 Å². The molecule has 3 nitrogen and oxygen atoms in total. The zero-order valence-corrected chi connectivity index (χ0v) is 15.7. The van der Waals surface area contributed by atoms with E-state index in [1.165, 1.54) is 12.8 Å². The summed E-state index contributed by atoms with van der Waals surface area (Å²) in [4.78, 5) is 0. The molecule has 0 aromatic heterocycles. The smallest absolute Gasteiger partial charge is 0.115 e. The zero-order chi connectivity index (χ0) is 17.9. The molecule has 0 saturated heterocycles. The predicted octanol–water partition coefficient (Wildman–Crippen LogP) is 4.29. The van der Waals surface area contributed by atoms with Gasteiger partial charge < -0.3 is 15.5 Å². The summed E-state index contributed by atoms with van der Waals surface area (Å²) in [6, 6.07) is 7.22. The summed E-state index contributed by atoms with van der Waals surface area (Å²) in [7, 11) is 1.89. The van der Waals surface area contributed by atoms with Crippen LogP contribution in [0.4, 0.5) is 0 Å². The number of likely N-dealkylation sites (N-methyl/N-ethyl adjacent to an activating group) is 1. The second kappa shape index (κ2) is 11.3. The average molecular weight is 334 g/mol. The van der Waals surface area contributed by atoms with Gasteiger partial charge in [-0.25, -0.2) is 0 Å². The molecule has 4 atom stereocenters. The Labute approximate surface area is 147 Å². The summed E-state index contributed by atoms with van der Waals surface area (Å²) in [6.45, 7) is 6.80. The number of aromatic hydroxyl groups is 1. The van der Waals surface area contributed by atoms with Crippen molar-refractivity contribution in [2.45, 2.75) is 65.0 Å². The van der Waals surface area contributed by atoms with E-state index in [0.29, 0.717) is 5.92 Å². The first kappa shape index (κ1) is 20.7. The number of hydrogen-bond donors (Lipinski definition) is 3. The monoisotopic (exact) mass is 333 g/mol. The largest absolute Gasteiger partial charge is 0.508 e. The third-order valence-electron chi connectivity index (χ3n) is 4.79. The number of phenolic OH excluding ortho intramolecular Hbond substituents is 1. The molecule has 0 aliphatic rings. The lowest BCUT2D eigenvalue weighted by Gasteiger charge is -2.22. The Morgan fingerprint density at radius 2 is 1.83 bits per heavy atom. The van der Waals surface area contributed by atoms with Gasteiger partial charge in [0.15, 0.2) is 0 Å². The van der Waals surface area contributed by atoms with Gasteiger partial charge in [-0.3, -0.25) is 0 Å². The minimum Gasteiger partial charge on any atom is -0.508 e. The SMILES string of the molecule is CC[C@H](C)C[C@H](C)/C=C/CC[C@@H](O)[C@H](Cc1ccc(O)cc1)NC. The molecule has 3 N–H and O–H groups in total. The number of phenols is 1. The van der Waals surface area contributed by atoms with Crippen molar-refractivity contribution in [3.05, 3.63) is 42.0 Å². The van der Waals surface area contributed by atoms with Gasteiger partial charge in [-0.15, -0.1) is 0 Å². The van der Waals surface area contributed by atoms with E-state index in [-0.39, 0.29) is 17.9 Å². The quantitative estimate of drug-likeness (QED) is 0.529. The van der Waals surface area contributed by atoms with E-state index < -0.39 is 0 Å². The molecule has 1 rings (SSSR count). The first-order valence-electron chi connectivity index (χ1n) is 9.26. The highest BCUT2D eigenvalue weighted by atomic mass is 16.3. The van der Waals surface area contributed by atoms with Crippen LogP contribution in [0.5, 0.6) is 5.75 Å². The average Bonchev–Trinajstić information content (AvgIpc) is 2.57. The fourth-order valence-corrected chi connectivity index (χ4v) is 2.99. The van der Waals surface area contributed by atoms with Crippen LogP contribution in [0.3, 0.4) is 0 Å². The van der Waals surface area contributed by atoms with Crippen molar-refractivity contribution in [2.24, 2.45) is 11.8 Å². The highest BCUT2D eigenvalue weighted by Gasteiger charge is 2.17. The molecule has 0 bridgehead atoms. The summed E-state index contributed by atoms with van der Waals surface area (Å²) >= 11 is 0. The molecule has 3 heteroatoms. The summed E-state index contributed by atoms with van der Waals surface area (Å²) in [5.41, 5.74) is 1.11. The Balaban J connectivity index is 2.38. The third kappa shape index (κ3) is 7.98. The first-order valence-corrected chi connectivity index (χ1v) is 9.26. The molecular formula is C21H35NO2. The summed E-state index contributed by atoms with van der Waals surface area (Å²) in [6.07, 6.45) is 9.00. The van der Waals surface area contributed by atoms with Crippen LogP contribution in [0, 0.1) is 11.8 Å². The maximum Gasteiger partial charge on any atom is 0.115 e. The van der Waals surface area contributed by atoms with Gasteiger partial charge in [0.25, 0.3) is 0 Å². The van der Waals surface area contributed by atoms with E-state index in [1.807, 2.05) is 19.2 Å². The van der Waals surface area contributed by atoms with Gasteiger partial charge in [0.1, 0.15) is 5.75 Å². The highest BCUT2D eigenvalue weighted by Crippen LogP contribution is 2.17. The van der Waals surface area contributed by atoms with Gasteiger partial charge in [-0.1, -0.05) is 51.5 Å². The standard InChI is InChI=1S/C21H35NO2/c1-5-16(2)14-17(3)8-6-7-9-21(24)20(22-4)15-18-10-12-19(23)13-11-18/h6,8,10-13,16-17,20-24H,5,7,9,14-15H2,1-4H3/b8-6+/t16-,17+,20-,21+/m0/s1. The number of hydrogen-bond acceptors (Lipinski definition) is 3. The number of aliphatic hydroxyl groups is 1. The number of nitrogens with one attached hydrogen (secondary N) is 1. The number of aliphatic hydroxyl groups excluding tert-OH is 1. The minimum atomic E-state index is -0.377. The Morgan fingerprint density at radius 1 is 1.17 bits per heavy atom. The van der Waals surface area contributed by atoms with Gasteiger partial charge >= 0.3 is 0 Å². The molecule has 0 saturated carbocycles. The third-order valence-corrected chi connectivity index (χ3v) is 4.79. The van der Waals surface area contributed by atoms with Crippen LogP contribution >= 0.6 is 0 Å². The maximum absolute atomic E-state index is 10.4. The van der Waals surface area contributed by atoms with Crippen LogP contribution in [0.15, 0.2) is 36.4 Å². The van der Waals surface area contributed by atoms with Gasteiger partial charge in [0, 0.05) is 6.04 Å². The van der Waals surface area contributed by atoms with Crippen molar-refractivity contribution in [1.29, 1.82) is 0 Å². The Hall–Kier alpha value is -1.32. The van der Waals surface area contributed by atoms with Gasteiger partial charge in [-0.05, 0) is 62.3 Å². The van der Waals surface area contributed by atoms with Crippen LogP contribution in [-0.2, 0) is 6.42 Å². The number of benzene rings is 1. The van der Waals surface area contributed by atoms with Crippen molar-refractivity contribution in [3.8, 4) is 5.75 Å². The molecule has 0 amide bonds. The minimum absolute atomic E-state index is 0.0282. The van der Waals surface area contributed by atoms with E-state index in [2.05, 4.69) is 38.2 Å². The lowest BCUT2D eigenvalue weighted by Crippen LogP contribution is -2.39. The van der Waals surface area contributed by atoms with Crippen LogP contribution in [0.25, 0.3) is 0 Å². The Morgan fingerprint density at radius 3 is 2.42 bits per heavy atom. The molecule has 0 aliphatic heterocycles.